The summed E-state index contributed by atoms with van der Waals surface area (Å²) in [6.45, 7) is 9.69. The van der Waals surface area contributed by atoms with Crippen LogP contribution in [0.5, 0.6) is 0 Å². The molecule has 0 fully saturated rings. The predicted octanol–water partition coefficient (Wildman–Crippen LogP) is 3.45. The van der Waals surface area contributed by atoms with Crippen molar-refractivity contribution in [1.29, 1.82) is 0 Å². The molecule has 2 aromatic rings. The van der Waals surface area contributed by atoms with E-state index in [1.54, 1.807) is 16.8 Å². The van der Waals surface area contributed by atoms with Crippen LogP contribution in [0, 0.1) is 13.8 Å². The summed E-state index contributed by atoms with van der Waals surface area (Å²) in [5, 5.41) is 7.43. The highest BCUT2D eigenvalue weighted by Gasteiger charge is 2.16. The van der Waals surface area contributed by atoms with E-state index >= 15 is 0 Å². The summed E-state index contributed by atoms with van der Waals surface area (Å²) in [7, 11) is 0. The van der Waals surface area contributed by atoms with Gasteiger partial charge in [-0.3, -0.25) is 4.79 Å². The van der Waals surface area contributed by atoms with Gasteiger partial charge in [-0.1, -0.05) is 47.5 Å². The third-order valence-corrected chi connectivity index (χ3v) is 4.43. The van der Waals surface area contributed by atoms with Gasteiger partial charge >= 0.3 is 5.97 Å². The van der Waals surface area contributed by atoms with Crippen molar-refractivity contribution in [2.45, 2.75) is 33.4 Å². The van der Waals surface area contributed by atoms with E-state index in [1.807, 2.05) is 38.1 Å². The second-order valence-electron chi connectivity index (χ2n) is 6.38. The Kier molecular flexibility index (Phi) is 7.58. The number of benzene rings is 1. The third-order valence-electron chi connectivity index (χ3n) is 4.03. The summed E-state index contributed by atoms with van der Waals surface area (Å²) in [6, 6.07) is 8.11. The van der Waals surface area contributed by atoms with E-state index in [-0.39, 0.29) is 5.91 Å². The molecule has 6 nitrogen and oxygen atoms in total. The smallest absolute Gasteiger partial charge is 0.331 e. The summed E-state index contributed by atoms with van der Waals surface area (Å²) in [6.07, 6.45) is 3.43. The van der Waals surface area contributed by atoms with Gasteiger partial charge in [0.2, 0.25) is 0 Å². The molecular weight excluding hydrogens is 378 g/mol. The quantitative estimate of drug-likeness (QED) is 0.417. The van der Waals surface area contributed by atoms with Crippen LogP contribution < -0.4 is 5.32 Å². The molecule has 0 radical (unpaired) electrons. The van der Waals surface area contributed by atoms with E-state index in [4.69, 9.17) is 16.3 Å². The molecule has 1 N–H and O–H groups in total. The topological polar surface area (TPSA) is 73.2 Å². The van der Waals surface area contributed by atoms with Gasteiger partial charge in [0, 0.05) is 18.2 Å². The minimum atomic E-state index is -0.905. The second kappa shape index (κ2) is 9.90. The normalized spacial score (nSPS) is 12.0. The van der Waals surface area contributed by atoms with Gasteiger partial charge in [-0.15, -0.1) is 6.58 Å². The average Bonchev–Trinajstić information content (AvgIpc) is 2.92. The van der Waals surface area contributed by atoms with Crippen LogP contribution in [0.3, 0.4) is 0 Å². The number of aromatic nitrogens is 2. The minimum Gasteiger partial charge on any atom is -0.449 e. The summed E-state index contributed by atoms with van der Waals surface area (Å²) >= 11 is 6.43. The Morgan fingerprint density at radius 1 is 1.32 bits per heavy atom. The number of halogens is 1. The van der Waals surface area contributed by atoms with Gasteiger partial charge in [-0.05, 0) is 32.4 Å². The molecule has 1 heterocycles. The molecule has 1 atom stereocenters. The van der Waals surface area contributed by atoms with Crippen LogP contribution in [0.15, 0.2) is 43.0 Å². The Morgan fingerprint density at radius 2 is 2.00 bits per heavy atom. The standard InChI is InChI=1S/C21H24ClN3O3/c1-5-12-23-21(27)16(4)28-19(26)11-10-18-15(3)24-25(20(18)22)13-17-8-6-14(2)7-9-17/h5-11,16H,1,12-13H2,2-4H3,(H,23,27)/b11-10+/t16-/m1/s1. The zero-order chi connectivity index (χ0) is 20.7. The highest BCUT2D eigenvalue weighted by Crippen LogP contribution is 2.22. The van der Waals surface area contributed by atoms with Crippen LogP contribution in [0.25, 0.3) is 6.08 Å². The average molecular weight is 402 g/mol. The van der Waals surface area contributed by atoms with Crippen molar-refractivity contribution in [3.8, 4) is 0 Å². The Labute approximate surface area is 169 Å². The summed E-state index contributed by atoms with van der Waals surface area (Å²) in [4.78, 5) is 23.7. The van der Waals surface area contributed by atoms with Crippen molar-refractivity contribution in [2.75, 3.05) is 6.54 Å². The fraction of sp³-hybridized carbons (Fsp3) is 0.286. The lowest BCUT2D eigenvalue weighted by Gasteiger charge is -2.11. The van der Waals surface area contributed by atoms with Crippen molar-refractivity contribution >= 4 is 29.6 Å². The zero-order valence-corrected chi connectivity index (χ0v) is 17.0. The number of ether oxygens (including phenoxy) is 1. The number of nitrogens with one attached hydrogen (secondary N) is 1. The molecule has 0 saturated carbocycles. The molecule has 1 amide bonds. The number of rotatable bonds is 8. The molecule has 0 saturated heterocycles. The maximum atomic E-state index is 12.0. The van der Waals surface area contributed by atoms with Crippen molar-refractivity contribution in [1.82, 2.24) is 15.1 Å². The van der Waals surface area contributed by atoms with Crippen molar-refractivity contribution in [3.63, 3.8) is 0 Å². The maximum absolute atomic E-state index is 12.0. The number of carbonyl (C=O) groups is 2. The number of amides is 1. The lowest BCUT2D eigenvalue weighted by molar-refractivity contribution is -0.150. The number of aryl methyl sites for hydroxylation is 2. The van der Waals surface area contributed by atoms with Crippen LogP contribution >= 0.6 is 11.6 Å². The summed E-state index contributed by atoms with van der Waals surface area (Å²) < 4.78 is 6.76. The molecule has 28 heavy (non-hydrogen) atoms. The van der Waals surface area contributed by atoms with Gasteiger partial charge < -0.3 is 10.1 Å². The van der Waals surface area contributed by atoms with Crippen molar-refractivity contribution in [2.24, 2.45) is 0 Å². The molecule has 0 aliphatic heterocycles. The van der Waals surface area contributed by atoms with Crippen LogP contribution in [-0.2, 0) is 20.9 Å². The fourth-order valence-corrected chi connectivity index (χ4v) is 2.76. The molecule has 0 aliphatic carbocycles. The third kappa shape index (κ3) is 5.82. The van der Waals surface area contributed by atoms with Crippen LogP contribution in [-0.4, -0.2) is 34.3 Å². The lowest BCUT2D eigenvalue weighted by Crippen LogP contribution is -2.35. The van der Waals surface area contributed by atoms with Crippen molar-refractivity contribution < 1.29 is 14.3 Å². The minimum absolute atomic E-state index is 0.311. The summed E-state index contributed by atoms with van der Waals surface area (Å²) in [5.41, 5.74) is 3.58. The highest BCUT2D eigenvalue weighted by molar-refractivity contribution is 6.31. The van der Waals surface area contributed by atoms with E-state index < -0.39 is 12.1 Å². The molecule has 0 bridgehead atoms. The Hall–Kier alpha value is -2.86. The van der Waals surface area contributed by atoms with E-state index in [2.05, 4.69) is 17.0 Å². The number of nitrogens with zero attached hydrogens (tertiary/aromatic N) is 2. The molecule has 2 rings (SSSR count). The number of hydrogen-bond acceptors (Lipinski definition) is 4. The molecule has 1 aromatic carbocycles. The molecule has 148 valence electrons. The highest BCUT2D eigenvalue weighted by atomic mass is 35.5. The first-order chi connectivity index (χ1) is 13.3. The Bertz CT molecular complexity index is 885. The van der Waals surface area contributed by atoms with E-state index in [0.717, 1.165) is 5.56 Å². The summed E-state index contributed by atoms with van der Waals surface area (Å²) in [5.74, 6) is -1.02. The number of hydrogen-bond donors (Lipinski definition) is 1. The predicted molar refractivity (Wildman–Crippen MR) is 110 cm³/mol. The first kappa shape index (κ1) is 21.4. The van der Waals surface area contributed by atoms with Gasteiger partial charge in [0.25, 0.3) is 5.91 Å². The van der Waals surface area contributed by atoms with E-state index in [0.29, 0.717) is 29.5 Å². The SMILES string of the molecule is C=CCNC(=O)[C@@H](C)OC(=O)/C=C/c1c(C)nn(Cc2ccc(C)cc2)c1Cl. The van der Waals surface area contributed by atoms with Crippen molar-refractivity contribution in [3.05, 3.63) is 70.5 Å². The molecule has 0 spiro atoms. The van der Waals surface area contributed by atoms with Crippen LogP contribution in [0.2, 0.25) is 5.15 Å². The Balaban J connectivity index is 2.04. The van der Waals surface area contributed by atoms with E-state index in [9.17, 15) is 9.59 Å². The van der Waals surface area contributed by atoms with Gasteiger partial charge in [-0.25, -0.2) is 9.48 Å². The second-order valence-corrected chi connectivity index (χ2v) is 6.74. The lowest BCUT2D eigenvalue weighted by atomic mass is 10.1. The van der Waals surface area contributed by atoms with Gasteiger partial charge in [0.1, 0.15) is 5.15 Å². The monoisotopic (exact) mass is 401 g/mol. The van der Waals surface area contributed by atoms with Crippen LogP contribution in [0.1, 0.15) is 29.3 Å². The van der Waals surface area contributed by atoms with Gasteiger partial charge in [-0.2, -0.15) is 5.10 Å². The molecule has 7 heteroatoms. The van der Waals surface area contributed by atoms with Crippen LogP contribution in [0.4, 0.5) is 0 Å². The molecule has 0 unspecified atom stereocenters. The van der Waals surface area contributed by atoms with Gasteiger partial charge in [0.15, 0.2) is 6.10 Å². The van der Waals surface area contributed by atoms with Gasteiger partial charge in [0.05, 0.1) is 12.2 Å². The number of carbonyl (C=O) groups excluding carboxylic acids is 2. The molecule has 0 aliphatic rings. The number of esters is 1. The first-order valence-electron chi connectivity index (χ1n) is 8.87. The zero-order valence-electron chi connectivity index (χ0n) is 16.2. The largest absolute Gasteiger partial charge is 0.449 e. The van der Waals surface area contributed by atoms with E-state index in [1.165, 1.54) is 18.6 Å². The first-order valence-corrected chi connectivity index (χ1v) is 9.25. The Morgan fingerprint density at radius 3 is 2.64 bits per heavy atom. The molecular formula is C21H24ClN3O3. The fourth-order valence-electron chi connectivity index (χ4n) is 2.46. The maximum Gasteiger partial charge on any atom is 0.331 e. The molecule has 1 aromatic heterocycles.